The number of fused-ring (bicyclic) bond motifs is 1. The second kappa shape index (κ2) is 8.35. The third kappa shape index (κ3) is 4.35. The predicted octanol–water partition coefficient (Wildman–Crippen LogP) is 3.24. The molecule has 1 heterocycles. The maximum absolute atomic E-state index is 11.5. The number of carbonyl (C=O) groups is 1. The van der Waals surface area contributed by atoms with E-state index in [-0.39, 0.29) is 12.4 Å². The second-order valence-electron chi connectivity index (χ2n) is 6.46. The number of nitrogens with zero attached hydrogens (tertiary/aromatic N) is 4. The van der Waals surface area contributed by atoms with Gasteiger partial charge in [0.25, 0.3) is 0 Å². The van der Waals surface area contributed by atoms with Gasteiger partial charge in [-0.05, 0) is 48.7 Å². The molecule has 0 radical (unpaired) electrons. The Morgan fingerprint density at radius 3 is 2.64 bits per heavy atom. The van der Waals surface area contributed by atoms with Crippen LogP contribution in [0.25, 0.3) is 16.7 Å². The summed E-state index contributed by atoms with van der Waals surface area (Å²) in [4.78, 5) is 12.9. The van der Waals surface area contributed by atoms with Crippen molar-refractivity contribution in [1.29, 1.82) is 5.26 Å². The molecule has 0 aliphatic carbocycles. The Morgan fingerprint density at radius 1 is 1.18 bits per heavy atom. The Morgan fingerprint density at radius 2 is 1.89 bits per heavy atom. The molecule has 0 atom stereocenters. The second-order valence-corrected chi connectivity index (χ2v) is 6.46. The minimum Gasteiger partial charge on any atom is -0.506 e. The number of aromatic hydroxyl groups is 1. The molecule has 0 aliphatic heterocycles. The monoisotopic (exact) mass is 376 g/mol. The summed E-state index contributed by atoms with van der Waals surface area (Å²) in [5.41, 5.74) is 4.07. The van der Waals surface area contributed by atoms with Crippen molar-refractivity contribution in [3.63, 3.8) is 0 Å². The predicted molar refractivity (Wildman–Crippen MR) is 104 cm³/mol. The summed E-state index contributed by atoms with van der Waals surface area (Å²) in [5.74, 6) is -0.376. The van der Waals surface area contributed by atoms with Gasteiger partial charge in [0.15, 0.2) is 0 Å². The number of aryl methyl sites for hydroxylation is 1. The number of carbonyl (C=O) groups excluding carboxylic acids is 1. The highest BCUT2D eigenvalue weighted by atomic mass is 16.5. The van der Waals surface area contributed by atoms with Crippen LogP contribution >= 0.6 is 0 Å². The van der Waals surface area contributed by atoms with Crippen LogP contribution in [0.15, 0.2) is 48.6 Å². The molecule has 2 aromatic carbocycles. The molecule has 0 fully saturated rings. The Balaban J connectivity index is 1.81. The number of aromatic nitrogens is 3. The highest BCUT2D eigenvalue weighted by Gasteiger charge is 2.11. The average molecular weight is 376 g/mol. The molecule has 1 aromatic heterocycles. The number of phenols is 1. The Labute approximate surface area is 162 Å². The first kappa shape index (κ1) is 19.1. The molecular weight excluding hydrogens is 356 g/mol. The number of hydrogen-bond acceptors (Lipinski definition) is 6. The Hall–Kier alpha value is -3.66. The lowest BCUT2D eigenvalue weighted by atomic mass is 10.1. The first-order chi connectivity index (χ1) is 13.5. The summed E-state index contributed by atoms with van der Waals surface area (Å²) in [6.07, 6.45) is 1.59. The van der Waals surface area contributed by atoms with Crippen molar-refractivity contribution >= 4 is 17.0 Å². The van der Waals surface area contributed by atoms with E-state index in [1.807, 2.05) is 18.2 Å². The number of benzene rings is 2. The zero-order chi connectivity index (χ0) is 20.1. The standard InChI is InChI=1S/C21H20N4O3/c1-14(2)21(27)28-11-9-16-6-8-20(26)19(13-16)25-23-17-7-5-15(4-3-10-22)12-18(17)24-25/h5-8,12-13,26H,1,3-4,9,11H2,2H3. The van der Waals surface area contributed by atoms with E-state index in [1.54, 1.807) is 25.1 Å². The quantitative estimate of drug-likeness (QED) is 0.502. The highest BCUT2D eigenvalue weighted by Crippen LogP contribution is 2.24. The molecule has 0 unspecified atom stereocenters. The van der Waals surface area contributed by atoms with Crippen LogP contribution in [-0.2, 0) is 22.4 Å². The summed E-state index contributed by atoms with van der Waals surface area (Å²) in [5, 5.41) is 27.8. The molecule has 7 nitrogen and oxygen atoms in total. The molecule has 0 amide bonds. The van der Waals surface area contributed by atoms with Crippen LogP contribution in [-0.4, -0.2) is 32.7 Å². The lowest BCUT2D eigenvalue weighted by Crippen LogP contribution is -2.08. The van der Waals surface area contributed by atoms with Crippen molar-refractivity contribution in [3.05, 3.63) is 59.7 Å². The van der Waals surface area contributed by atoms with Gasteiger partial charge in [-0.2, -0.15) is 5.26 Å². The third-order valence-corrected chi connectivity index (χ3v) is 4.20. The summed E-state index contributed by atoms with van der Waals surface area (Å²) in [7, 11) is 0. The van der Waals surface area contributed by atoms with Crippen molar-refractivity contribution in [2.75, 3.05) is 6.61 Å². The summed E-state index contributed by atoms with van der Waals surface area (Å²) >= 11 is 0. The number of phenolic OH excluding ortho intramolecular Hbond substituents is 1. The first-order valence-electron chi connectivity index (χ1n) is 8.86. The van der Waals surface area contributed by atoms with E-state index >= 15 is 0 Å². The minimum absolute atomic E-state index is 0.0488. The van der Waals surface area contributed by atoms with Crippen LogP contribution < -0.4 is 0 Å². The fourth-order valence-electron chi connectivity index (χ4n) is 2.69. The molecule has 1 N–H and O–H groups in total. The van der Waals surface area contributed by atoms with Gasteiger partial charge in [0.1, 0.15) is 22.5 Å². The van der Waals surface area contributed by atoms with Crippen molar-refractivity contribution in [2.24, 2.45) is 0 Å². The summed E-state index contributed by atoms with van der Waals surface area (Å²) < 4.78 is 5.11. The lowest BCUT2D eigenvalue weighted by Gasteiger charge is -2.08. The molecule has 3 aromatic rings. The molecule has 0 bridgehead atoms. The molecule has 0 spiro atoms. The molecule has 7 heteroatoms. The van der Waals surface area contributed by atoms with Crippen LogP contribution in [0, 0.1) is 11.3 Å². The fraction of sp³-hybridized carbons (Fsp3) is 0.238. The van der Waals surface area contributed by atoms with Crippen molar-refractivity contribution in [2.45, 2.75) is 26.2 Å². The number of rotatable bonds is 7. The fourth-order valence-corrected chi connectivity index (χ4v) is 2.69. The smallest absolute Gasteiger partial charge is 0.333 e. The SMILES string of the molecule is C=C(C)C(=O)OCCc1ccc(O)c(-n2nc3ccc(CCC#N)cc3n2)c1. The van der Waals surface area contributed by atoms with E-state index in [4.69, 9.17) is 10.00 Å². The third-order valence-electron chi connectivity index (χ3n) is 4.20. The number of nitriles is 1. The van der Waals surface area contributed by atoms with Crippen LogP contribution in [0.3, 0.4) is 0 Å². The van der Waals surface area contributed by atoms with Gasteiger partial charge in [0.05, 0.1) is 12.7 Å². The lowest BCUT2D eigenvalue weighted by molar-refractivity contribution is -0.138. The van der Waals surface area contributed by atoms with E-state index < -0.39 is 5.97 Å². The van der Waals surface area contributed by atoms with Gasteiger partial charge in [-0.15, -0.1) is 15.0 Å². The van der Waals surface area contributed by atoms with Crippen molar-refractivity contribution in [1.82, 2.24) is 15.0 Å². The molecule has 28 heavy (non-hydrogen) atoms. The van der Waals surface area contributed by atoms with Crippen LogP contribution in [0.2, 0.25) is 0 Å². The zero-order valence-corrected chi connectivity index (χ0v) is 15.6. The van der Waals surface area contributed by atoms with Gasteiger partial charge in [0, 0.05) is 18.4 Å². The van der Waals surface area contributed by atoms with Crippen LogP contribution in [0.5, 0.6) is 5.75 Å². The van der Waals surface area contributed by atoms with Gasteiger partial charge in [0.2, 0.25) is 0 Å². The molecule has 0 aliphatic rings. The van der Waals surface area contributed by atoms with Gasteiger partial charge in [-0.25, -0.2) is 4.79 Å². The van der Waals surface area contributed by atoms with Gasteiger partial charge >= 0.3 is 5.97 Å². The molecule has 142 valence electrons. The molecule has 0 saturated carbocycles. The topological polar surface area (TPSA) is 101 Å². The number of esters is 1. The maximum atomic E-state index is 11.5. The van der Waals surface area contributed by atoms with Crippen molar-refractivity contribution in [3.8, 4) is 17.5 Å². The maximum Gasteiger partial charge on any atom is 0.333 e. The molecule has 0 saturated heterocycles. The van der Waals surface area contributed by atoms with E-state index in [9.17, 15) is 9.90 Å². The van der Waals surface area contributed by atoms with E-state index in [0.717, 1.165) is 11.1 Å². The van der Waals surface area contributed by atoms with Gasteiger partial charge < -0.3 is 9.84 Å². The van der Waals surface area contributed by atoms with E-state index in [0.29, 0.717) is 41.6 Å². The average Bonchev–Trinajstić information content (AvgIpc) is 3.10. The minimum atomic E-state index is -0.425. The first-order valence-corrected chi connectivity index (χ1v) is 8.86. The molecular formula is C21H20N4O3. The van der Waals surface area contributed by atoms with Gasteiger partial charge in [-0.3, -0.25) is 0 Å². The highest BCUT2D eigenvalue weighted by molar-refractivity contribution is 5.86. The van der Waals surface area contributed by atoms with E-state index in [2.05, 4.69) is 22.8 Å². The normalized spacial score (nSPS) is 10.6. The summed E-state index contributed by atoms with van der Waals surface area (Å²) in [6.45, 7) is 5.36. The number of ether oxygens (including phenoxy) is 1. The van der Waals surface area contributed by atoms with E-state index in [1.165, 1.54) is 4.80 Å². The van der Waals surface area contributed by atoms with Crippen LogP contribution in [0.1, 0.15) is 24.5 Å². The van der Waals surface area contributed by atoms with Gasteiger partial charge in [-0.1, -0.05) is 18.7 Å². The Bertz CT molecular complexity index is 1080. The number of hydrogen-bond donors (Lipinski definition) is 1. The summed E-state index contributed by atoms with van der Waals surface area (Å²) in [6, 6.07) is 12.9. The molecule has 3 rings (SSSR count). The Kier molecular flexibility index (Phi) is 5.70. The van der Waals surface area contributed by atoms with Crippen LogP contribution in [0.4, 0.5) is 0 Å². The zero-order valence-electron chi connectivity index (χ0n) is 15.6. The largest absolute Gasteiger partial charge is 0.506 e. The van der Waals surface area contributed by atoms with Crippen molar-refractivity contribution < 1.29 is 14.6 Å².